The van der Waals surface area contributed by atoms with Crippen LogP contribution in [0.2, 0.25) is 0 Å². The maximum absolute atomic E-state index is 10.1. The average molecular weight is 101 g/mol. The number of nitrogens with two attached hydrogens (primary N) is 1. The Morgan fingerprint density at radius 2 is 2.29 bits per heavy atom. The smallest absolute Gasteiger partial charge is 0.196 e. The molecule has 0 aliphatic carbocycles. The van der Waals surface area contributed by atoms with E-state index in [-0.39, 0.29) is 11.5 Å². The summed E-state index contributed by atoms with van der Waals surface area (Å²) in [5.74, 6) is 4.29. The number of carbonyl (C=O) groups excluding carboxylic acids is 1. The van der Waals surface area contributed by atoms with E-state index in [1.54, 1.807) is 0 Å². The van der Waals surface area contributed by atoms with Crippen LogP contribution in [0, 0.1) is 0 Å². The lowest BCUT2D eigenvalue weighted by molar-refractivity contribution is -0.116. The summed E-state index contributed by atoms with van der Waals surface area (Å²) in [4.78, 5) is 14.0. The highest BCUT2D eigenvalue weighted by Crippen LogP contribution is 1.86. The second-order valence-corrected chi connectivity index (χ2v) is 1.10. The summed E-state index contributed by atoms with van der Waals surface area (Å²) in [5.41, 5.74) is 0. The number of rotatable bonds is 2. The fraction of sp³-hybridized carbons (Fsp3) is 0.250. The van der Waals surface area contributed by atoms with Crippen LogP contribution in [-0.2, 0) is 9.63 Å². The summed E-state index contributed by atoms with van der Waals surface area (Å²) in [6.45, 7) is 4.50. The van der Waals surface area contributed by atoms with Crippen molar-refractivity contribution in [2.75, 3.05) is 0 Å². The van der Waals surface area contributed by atoms with Crippen LogP contribution in [0.15, 0.2) is 12.3 Å². The van der Waals surface area contributed by atoms with Gasteiger partial charge in [0, 0.05) is 6.92 Å². The van der Waals surface area contributed by atoms with Gasteiger partial charge in [-0.3, -0.25) is 4.79 Å². The highest BCUT2D eigenvalue weighted by Gasteiger charge is 1.95. The Balaban J connectivity index is 3.58. The first kappa shape index (κ1) is 6.17. The molecule has 3 heteroatoms. The highest BCUT2D eigenvalue weighted by atomic mass is 16.6. The molecular formula is C4H7NO2. The number of hydrogen-bond donors (Lipinski definition) is 1. The van der Waals surface area contributed by atoms with Crippen LogP contribution in [0.5, 0.6) is 0 Å². The molecule has 0 aromatic carbocycles. The molecule has 0 fully saturated rings. The van der Waals surface area contributed by atoms with Crippen molar-refractivity contribution >= 4 is 5.78 Å². The minimum absolute atomic E-state index is 0.0139. The Bertz CT molecular complexity index is 97.9. The molecule has 0 bridgehead atoms. The van der Waals surface area contributed by atoms with E-state index in [4.69, 9.17) is 0 Å². The van der Waals surface area contributed by atoms with E-state index >= 15 is 0 Å². The largest absolute Gasteiger partial charge is 0.408 e. The summed E-state index contributed by atoms with van der Waals surface area (Å²) in [5, 5.41) is 0. The van der Waals surface area contributed by atoms with E-state index in [9.17, 15) is 4.79 Å². The normalized spacial score (nSPS) is 7.71. The van der Waals surface area contributed by atoms with Crippen LogP contribution in [0.1, 0.15) is 6.92 Å². The Kier molecular flexibility index (Phi) is 2.08. The Morgan fingerprint density at radius 1 is 1.86 bits per heavy atom. The van der Waals surface area contributed by atoms with Crippen LogP contribution in [0.25, 0.3) is 0 Å². The van der Waals surface area contributed by atoms with Crippen molar-refractivity contribution < 1.29 is 9.63 Å². The first-order chi connectivity index (χ1) is 3.18. The molecular weight excluding hydrogens is 94.0 g/mol. The molecule has 40 valence electrons. The van der Waals surface area contributed by atoms with Crippen LogP contribution in [0.4, 0.5) is 0 Å². The first-order valence-corrected chi connectivity index (χ1v) is 1.75. The molecule has 0 aliphatic heterocycles. The SMILES string of the molecule is C=C(ON)C(C)=O. The standard InChI is InChI=1S/C4H7NO2/c1-3(6)4(2)7-5/h2,5H2,1H3. The minimum Gasteiger partial charge on any atom is -0.408 e. The van der Waals surface area contributed by atoms with E-state index in [0.29, 0.717) is 0 Å². The molecule has 0 saturated carbocycles. The van der Waals surface area contributed by atoms with Gasteiger partial charge in [0.25, 0.3) is 0 Å². The molecule has 0 spiro atoms. The average Bonchev–Trinajstić information content (AvgIpc) is 1.65. The molecule has 0 aromatic rings. The molecule has 0 atom stereocenters. The molecule has 7 heavy (non-hydrogen) atoms. The maximum atomic E-state index is 10.1. The van der Waals surface area contributed by atoms with Crippen molar-refractivity contribution in [2.45, 2.75) is 6.92 Å². The van der Waals surface area contributed by atoms with Gasteiger partial charge in [-0.2, -0.15) is 5.90 Å². The molecule has 0 radical (unpaired) electrons. The van der Waals surface area contributed by atoms with Gasteiger partial charge in [-0.15, -0.1) is 0 Å². The van der Waals surface area contributed by atoms with Crippen LogP contribution >= 0.6 is 0 Å². The highest BCUT2D eigenvalue weighted by molar-refractivity contribution is 5.90. The lowest BCUT2D eigenvalue weighted by atomic mass is 10.4. The molecule has 0 saturated heterocycles. The van der Waals surface area contributed by atoms with Gasteiger partial charge >= 0.3 is 0 Å². The first-order valence-electron chi connectivity index (χ1n) is 1.75. The van der Waals surface area contributed by atoms with Crippen molar-refractivity contribution in [3.63, 3.8) is 0 Å². The second-order valence-electron chi connectivity index (χ2n) is 1.10. The van der Waals surface area contributed by atoms with Gasteiger partial charge < -0.3 is 4.84 Å². The molecule has 0 amide bonds. The van der Waals surface area contributed by atoms with E-state index < -0.39 is 0 Å². The zero-order valence-electron chi connectivity index (χ0n) is 4.10. The number of ketones is 1. The quantitative estimate of drug-likeness (QED) is 0.302. The molecule has 2 N–H and O–H groups in total. The fourth-order valence-electron chi connectivity index (χ4n) is 0.0830. The summed E-state index contributed by atoms with van der Waals surface area (Å²) in [6, 6.07) is 0. The van der Waals surface area contributed by atoms with Gasteiger partial charge in [0.05, 0.1) is 0 Å². The Labute approximate surface area is 41.7 Å². The van der Waals surface area contributed by atoms with Crippen LogP contribution in [0.3, 0.4) is 0 Å². The van der Waals surface area contributed by atoms with Crippen molar-refractivity contribution in [1.82, 2.24) is 0 Å². The Hall–Kier alpha value is -0.830. The third kappa shape index (κ3) is 1.94. The third-order valence-corrected chi connectivity index (χ3v) is 0.535. The zero-order valence-corrected chi connectivity index (χ0v) is 4.10. The lowest BCUT2D eigenvalue weighted by Gasteiger charge is -1.92. The van der Waals surface area contributed by atoms with Gasteiger partial charge in [0.15, 0.2) is 11.5 Å². The topological polar surface area (TPSA) is 52.3 Å². The lowest BCUT2D eigenvalue weighted by Crippen LogP contribution is -2.04. The van der Waals surface area contributed by atoms with Gasteiger partial charge in [-0.05, 0) is 0 Å². The third-order valence-electron chi connectivity index (χ3n) is 0.535. The summed E-state index contributed by atoms with van der Waals surface area (Å²) < 4.78 is 0. The molecule has 0 aromatic heterocycles. The van der Waals surface area contributed by atoms with Crippen LogP contribution in [-0.4, -0.2) is 5.78 Å². The summed E-state index contributed by atoms with van der Waals surface area (Å²) in [6.07, 6.45) is 0. The summed E-state index contributed by atoms with van der Waals surface area (Å²) >= 11 is 0. The van der Waals surface area contributed by atoms with Gasteiger partial charge in [-0.25, -0.2) is 0 Å². The van der Waals surface area contributed by atoms with E-state index in [1.807, 2.05) is 0 Å². The monoisotopic (exact) mass is 101 g/mol. The number of carbonyl (C=O) groups is 1. The van der Waals surface area contributed by atoms with Gasteiger partial charge in [0.2, 0.25) is 0 Å². The van der Waals surface area contributed by atoms with Crippen molar-refractivity contribution in [3.8, 4) is 0 Å². The predicted molar refractivity (Wildman–Crippen MR) is 25.1 cm³/mol. The molecule has 0 aliphatic rings. The van der Waals surface area contributed by atoms with Gasteiger partial charge in [-0.1, -0.05) is 6.58 Å². The van der Waals surface area contributed by atoms with E-state index in [2.05, 4.69) is 17.3 Å². The predicted octanol–water partition coefficient (Wildman–Crippen LogP) is -0.0206. The number of hydrogen-bond acceptors (Lipinski definition) is 3. The van der Waals surface area contributed by atoms with Gasteiger partial charge in [0.1, 0.15) is 0 Å². The molecule has 0 unspecified atom stereocenters. The maximum Gasteiger partial charge on any atom is 0.196 e. The van der Waals surface area contributed by atoms with Crippen LogP contribution < -0.4 is 5.90 Å². The number of Topliss-reactive ketones (excluding diaryl/α,β-unsaturated/α-hetero) is 1. The zero-order chi connectivity index (χ0) is 5.86. The minimum atomic E-state index is -0.248. The van der Waals surface area contributed by atoms with Crippen molar-refractivity contribution in [2.24, 2.45) is 5.90 Å². The molecule has 0 rings (SSSR count). The Morgan fingerprint density at radius 3 is 2.29 bits per heavy atom. The second kappa shape index (κ2) is 2.36. The van der Waals surface area contributed by atoms with E-state index in [0.717, 1.165) is 0 Å². The molecule has 3 nitrogen and oxygen atoms in total. The van der Waals surface area contributed by atoms with Crippen molar-refractivity contribution in [1.29, 1.82) is 0 Å². The van der Waals surface area contributed by atoms with E-state index in [1.165, 1.54) is 6.92 Å². The number of allylic oxidation sites excluding steroid dienone is 1. The van der Waals surface area contributed by atoms with Crippen molar-refractivity contribution in [3.05, 3.63) is 12.3 Å². The fourth-order valence-corrected chi connectivity index (χ4v) is 0.0830. The summed E-state index contributed by atoms with van der Waals surface area (Å²) in [7, 11) is 0. The molecule has 0 heterocycles.